The largest absolute Gasteiger partial charge is 0.462 e. The Labute approximate surface area is 350 Å². The van der Waals surface area contributed by atoms with Crippen molar-refractivity contribution in [2.24, 2.45) is 0 Å². The summed E-state index contributed by atoms with van der Waals surface area (Å²) < 4.78 is 16.7. The van der Waals surface area contributed by atoms with Gasteiger partial charge in [-0.2, -0.15) is 0 Å². The molecule has 0 bridgehead atoms. The van der Waals surface area contributed by atoms with Crippen LogP contribution in [0.3, 0.4) is 0 Å². The van der Waals surface area contributed by atoms with Crippen LogP contribution < -0.4 is 0 Å². The van der Waals surface area contributed by atoms with Gasteiger partial charge in [0.15, 0.2) is 6.10 Å². The summed E-state index contributed by atoms with van der Waals surface area (Å²) in [5, 5.41) is 0. The highest BCUT2D eigenvalue weighted by Gasteiger charge is 2.19. The SMILES string of the molecule is CC\C=C/C=C\C=C/C=C\CCCCCC(=O)OC(COC(=O)CCCCCCC/C=C\CCCCC)COC(=O)CCCCCCCCC/C=C\C/C=C\CC. The minimum atomic E-state index is -0.802. The van der Waals surface area contributed by atoms with Gasteiger partial charge in [-0.1, -0.05) is 176 Å². The predicted octanol–water partition coefficient (Wildman–Crippen LogP) is 14.9. The Morgan fingerprint density at radius 2 is 0.772 bits per heavy atom. The summed E-state index contributed by atoms with van der Waals surface area (Å²) in [5.74, 6) is -0.964. The van der Waals surface area contributed by atoms with Gasteiger partial charge in [-0.25, -0.2) is 0 Å². The summed E-state index contributed by atoms with van der Waals surface area (Å²) in [6.07, 6.45) is 57.1. The number of carbonyl (C=O) groups is 3. The number of esters is 3. The number of hydrogen-bond acceptors (Lipinski definition) is 6. The maximum atomic E-state index is 12.7. The van der Waals surface area contributed by atoms with Crippen LogP contribution in [0.5, 0.6) is 0 Å². The molecule has 1 unspecified atom stereocenters. The monoisotopic (exact) mass is 793 g/mol. The van der Waals surface area contributed by atoms with E-state index in [1.165, 1.54) is 57.8 Å². The minimum absolute atomic E-state index is 0.101. The molecule has 0 saturated heterocycles. The molecule has 6 heteroatoms. The molecule has 0 fully saturated rings. The number of allylic oxidation sites excluding steroid dienone is 14. The molecule has 0 aliphatic heterocycles. The average molecular weight is 793 g/mol. The van der Waals surface area contributed by atoms with E-state index in [1.807, 2.05) is 36.5 Å². The predicted molar refractivity (Wildman–Crippen MR) is 242 cm³/mol. The first-order valence-electron chi connectivity index (χ1n) is 23.1. The zero-order valence-corrected chi connectivity index (χ0v) is 36.8. The fourth-order valence-electron chi connectivity index (χ4n) is 6.01. The molecule has 0 aromatic heterocycles. The Bertz CT molecular complexity index is 1140. The van der Waals surface area contributed by atoms with Crippen molar-refractivity contribution in [2.75, 3.05) is 13.2 Å². The molecule has 0 aromatic rings. The maximum absolute atomic E-state index is 12.7. The number of unbranched alkanes of at least 4 members (excludes halogenated alkanes) is 18. The van der Waals surface area contributed by atoms with Crippen LogP contribution in [0.25, 0.3) is 0 Å². The lowest BCUT2D eigenvalue weighted by Gasteiger charge is -2.18. The van der Waals surface area contributed by atoms with E-state index in [-0.39, 0.29) is 37.5 Å². The van der Waals surface area contributed by atoms with Crippen LogP contribution in [0.15, 0.2) is 85.1 Å². The molecule has 1 atom stereocenters. The lowest BCUT2D eigenvalue weighted by Crippen LogP contribution is -2.30. The topological polar surface area (TPSA) is 78.9 Å². The van der Waals surface area contributed by atoms with E-state index in [2.05, 4.69) is 69.4 Å². The first-order valence-corrected chi connectivity index (χ1v) is 23.1. The van der Waals surface area contributed by atoms with Crippen molar-refractivity contribution in [1.29, 1.82) is 0 Å². The van der Waals surface area contributed by atoms with Crippen molar-refractivity contribution in [3.8, 4) is 0 Å². The molecular weight excluding hydrogens is 709 g/mol. The zero-order chi connectivity index (χ0) is 41.5. The second-order valence-electron chi connectivity index (χ2n) is 15.0. The van der Waals surface area contributed by atoms with Gasteiger partial charge >= 0.3 is 17.9 Å². The van der Waals surface area contributed by atoms with Crippen molar-refractivity contribution < 1.29 is 28.6 Å². The van der Waals surface area contributed by atoms with Crippen LogP contribution in [0, 0.1) is 0 Å². The van der Waals surface area contributed by atoms with Gasteiger partial charge in [-0.3, -0.25) is 14.4 Å². The van der Waals surface area contributed by atoms with Crippen LogP contribution in [-0.2, 0) is 28.6 Å². The third-order valence-electron chi connectivity index (χ3n) is 9.46. The highest BCUT2D eigenvalue weighted by atomic mass is 16.6. The first kappa shape index (κ1) is 53.6. The van der Waals surface area contributed by atoms with Crippen molar-refractivity contribution in [1.82, 2.24) is 0 Å². The van der Waals surface area contributed by atoms with Crippen molar-refractivity contribution in [3.05, 3.63) is 85.1 Å². The van der Waals surface area contributed by atoms with Gasteiger partial charge in [0.05, 0.1) is 0 Å². The van der Waals surface area contributed by atoms with Gasteiger partial charge in [0.2, 0.25) is 0 Å². The fourth-order valence-corrected chi connectivity index (χ4v) is 6.01. The van der Waals surface area contributed by atoms with Crippen LogP contribution >= 0.6 is 0 Å². The summed E-state index contributed by atoms with van der Waals surface area (Å²) in [5.41, 5.74) is 0. The van der Waals surface area contributed by atoms with E-state index < -0.39 is 6.10 Å². The first-order chi connectivity index (χ1) is 28.0. The van der Waals surface area contributed by atoms with E-state index in [0.717, 1.165) is 96.3 Å². The van der Waals surface area contributed by atoms with E-state index in [9.17, 15) is 14.4 Å². The normalized spacial score (nSPS) is 12.8. The number of carbonyl (C=O) groups excluding carboxylic acids is 3. The van der Waals surface area contributed by atoms with Gasteiger partial charge in [0, 0.05) is 19.3 Å². The summed E-state index contributed by atoms with van der Waals surface area (Å²) in [7, 11) is 0. The third kappa shape index (κ3) is 43.6. The second kappa shape index (κ2) is 45.3. The summed E-state index contributed by atoms with van der Waals surface area (Å²) in [6.45, 7) is 6.30. The molecule has 57 heavy (non-hydrogen) atoms. The molecule has 0 radical (unpaired) electrons. The van der Waals surface area contributed by atoms with Crippen LogP contribution in [0.1, 0.15) is 201 Å². The Morgan fingerprint density at radius 1 is 0.386 bits per heavy atom. The van der Waals surface area contributed by atoms with Gasteiger partial charge in [0.25, 0.3) is 0 Å². The Kier molecular flexibility index (Phi) is 42.6. The Morgan fingerprint density at radius 3 is 1.30 bits per heavy atom. The van der Waals surface area contributed by atoms with E-state index >= 15 is 0 Å². The zero-order valence-electron chi connectivity index (χ0n) is 36.8. The molecule has 0 spiro atoms. The van der Waals surface area contributed by atoms with Crippen LogP contribution in [0.4, 0.5) is 0 Å². The van der Waals surface area contributed by atoms with Crippen LogP contribution in [0.2, 0.25) is 0 Å². The molecule has 0 aromatic carbocycles. The standard InChI is InChI=1S/C51H84O6/c1-4-7-10-13-16-19-22-25-27-29-32-35-38-41-44-50(53)56-47-48(46-55-49(52)43-40-37-34-31-28-24-21-18-15-12-9-6-3)57-51(54)45-42-39-36-33-30-26-23-20-17-14-11-8-5-2/h7-8,10-11,14,16-21,23,26,30,48H,4-6,9,12-13,15,22,24-25,27-29,31-47H2,1-3H3/b10-7-,11-8-,17-14-,19-16-,21-18-,23-20-,30-26-. The number of hydrogen-bond donors (Lipinski definition) is 0. The summed E-state index contributed by atoms with van der Waals surface area (Å²) in [4.78, 5) is 37.8. The lowest BCUT2D eigenvalue weighted by atomic mass is 10.1. The molecule has 0 amide bonds. The van der Waals surface area contributed by atoms with E-state index in [4.69, 9.17) is 14.2 Å². The Balaban J connectivity index is 4.48. The van der Waals surface area contributed by atoms with Crippen molar-refractivity contribution in [2.45, 2.75) is 207 Å². The van der Waals surface area contributed by atoms with Crippen LogP contribution in [-0.4, -0.2) is 37.2 Å². The highest BCUT2D eigenvalue weighted by Crippen LogP contribution is 2.13. The van der Waals surface area contributed by atoms with Gasteiger partial charge in [-0.15, -0.1) is 0 Å². The second-order valence-corrected chi connectivity index (χ2v) is 15.0. The molecule has 0 saturated carbocycles. The summed E-state index contributed by atoms with van der Waals surface area (Å²) in [6, 6.07) is 0. The molecular formula is C51H84O6. The van der Waals surface area contributed by atoms with E-state index in [0.29, 0.717) is 19.3 Å². The minimum Gasteiger partial charge on any atom is -0.462 e. The molecule has 0 heterocycles. The quantitative estimate of drug-likeness (QED) is 0.0202. The van der Waals surface area contributed by atoms with E-state index in [1.54, 1.807) is 0 Å². The van der Waals surface area contributed by atoms with Gasteiger partial charge in [0.1, 0.15) is 13.2 Å². The smallest absolute Gasteiger partial charge is 0.306 e. The van der Waals surface area contributed by atoms with Gasteiger partial charge in [-0.05, 0) is 89.9 Å². The molecule has 324 valence electrons. The molecule has 0 aliphatic carbocycles. The molecule has 0 rings (SSSR count). The summed E-state index contributed by atoms with van der Waals surface area (Å²) >= 11 is 0. The van der Waals surface area contributed by atoms with Gasteiger partial charge < -0.3 is 14.2 Å². The third-order valence-corrected chi connectivity index (χ3v) is 9.46. The van der Waals surface area contributed by atoms with Crippen molar-refractivity contribution >= 4 is 17.9 Å². The van der Waals surface area contributed by atoms with Crippen molar-refractivity contribution in [3.63, 3.8) is 0 Å². The highest BCUT2D eigenvalue weighted by molar-refractivity contribution is 5.71. The fraction of sp³-hybridized carbons (Fsp3) is 0.667. The lowest BCUT2D eigenvalue weighted by molar-refractivity contribution is -0.167. The molecule has 6 nitrogen and oxygen atoms in total. The maximum Gasteiger partial charge on any atom is 0.306 e. The molecule has 0 aliphatic rings. The Hall–Kier alpha value is -3.41. The average Bonchev–Trinajstić information content (AvgIpc) is 3.21. The number of ether oxygens (including phenoxy) is 3. The molecule has 0 N–H and O–H groups in total. The number of rotatable bonds is 40.